The van der Waals surface area contributed by atoms with Crippen LogP contribution in [-0.4, -0.2) is 0 Å². The zero-order valence-electron chi connectivity index (χ0n) is 9.89. The molecule has 0 bridgehead atoms. The Morgan fingerprint density at radius 3 is 1.60 bits per heavy atom. The molecule has 1 aromatic carbocycles. The maximum atomic E-state index is 12.7. The van der Waals surface area contributed by atoms with Crippen molar-refractivity contribution in [1.29, 1.82) is 10.5 Å². The van der Waals surface area contributed by atoms with Crippen LogP contribution in [0.3, 0.4) is 0 Å². The van der Waals surface area contributed by atoms with Gasteiger partial charge in [-0.15, -0.1) is 0 Å². The summed E-state index contributed by atoms with van der Waals surface area (Å²) in [5.74, 6) is -1.16. The minimum atomic E-state index is -5.11. The molecule has 0 saturated carbocycles. The van der Waals surface area contributed by atoms with E-state index in [-0.39, 0.29) is 0 Å². The zero-order valence-corrected chi connectivity index (χ0v) is 9.89. The molecule has 0 aromatic heterocycles. The van der Waals surface area contributed by atoms with Gasteiger partial charge in [-0.1, -0.05) is 0 Å². The number of nitriles is 2. The van der Waals surface area contributed by atoms with E-state index >= 15 is 0 Å². The van der Waals surface area contributed by atoms with Crippen LogP contribution in [0.2, 0.25) is 0 Å². The average molecular weight is 292 g/mol. The SMILES string of the molecule is CC(C#N)c1cc(C(F)(F)F)c(C#N)c(C(F)(F)F)c1. The third-order valence-electron chi connectivity index (χ3n) is 2.58. The van der Waals surface area contributed by atoms with Crippen molar-refractivity contribution in [2.75, 3.05) is 0 Å². The first-order chi connectivity index (χ1) is 9.02. The molecule has 0 fully saturated rings. The quantitative estimate of drug-likeness (QED) is 0.727. The fourth-order valence-electron chi connectivity index (χ4n) is 1.56. The van der Waals surface area contributed by atoms with Crippen LogP contribution < -0.4 is 0 Å². The number of rotatable bonds is 1. The van der Waals surface area contributed by atoms with Crippen LogP contribution in [0.5, 0.6) is 0 Å². The van der Waals surface area contributed by atoms with Crippen molar-refractivity contribution in [3.8, 4) is 12.1 Å². The Bertz CT molecular complexity index is 565. The van der Waals surface area contributed by atoms with E-state index in [0.717, 1.165) is 6.07 Å². The molecule has 1 unspecified atom stereocenters. The standard InChI is InChI=1S/C12H6F6N2/c1-6(4-19)7-2-9(11(13,14)15)8(5-20)10(3-7)12(16,17)18/h2-3,6H,1H3. The Morgan fingerprint density at radius 1 is 0.950 bits per heavy atom. The molecule has 8 heteroatoms. The molecule has 1 aromatic rings. The maximum Gasteiger partial charge on any atom is 0.417 e. The number of benzene rings is 1. The summed E-state index contributed by atoms with van der Waals surface area (Å²) in [5, 5.41) is 17.2. The molecule has 1 rings (SSSR count). The van der Waals surface area contributed by atoms with E-state index in [0.29, 0.717) is 12.1 Å². The van der Waals surface area contributed by atoms with Gasteiger partial charge in [-0.2, -0.15) is 36.9 Å². The second-order valence-electron chi connectivity index (χ2n) is 3.95. The van der Waals surface area contributed by atoms with Crippen LogP contribution in [0, 0.1) is 22.7 Å². The van der Waals surface area contributed by atoms with Crippen molar-refractivity contribution < 1.29 is 26.3 Å². The molecule has 0 N–H and O–H groups in total. The first kappa shape index (κ1) is 15.8. The van der Waals surface area contributed by atoms with Gasteiger partial charge in [0.15, 0.2) is 0 Å². The highest BCUT2D eigenvalue weighted by atomic mass is 19.4. The third kappa shape index (κ3) is 3.02. The van der Waals surface area contributed by atoms with Gasteiger partial charge >= 0.3 is 12.4 Å². The van der Waals surface area contributed by atoms with Crippen LogP contribution in [0.1, 0.15) is 35.1 Å². The Labute approximate surface area is 109 Å². The van der Waals surface area contributed by atoms with Crippen LogP contribution in [0.15, 0.2) is 12.1 Å². The van der Waals surface area contributed by atoms with Crippen LogP contribution >= 0.6 is 0 Å². The molecule has 106 valence electrons. The molecule has 20 heavy (non-hydrogen) atoms. The summed E-state index contributed by atoms with van der Waals surface area (Å²) < 4.78 is 76.5. The summed E-state index contributed by atoms with van der Waals surface area (Å²) in [4.78, 5) is 0. The number of hydrogen-bond acceptors (Lipinski definition) is 2. The minimum Gasteiger partial charge on any atom is -0.198 e. The highest BCUT2D eigenvalue weighted by molar-refractivity contribution is 5.51. The first-order valence-electron chi connectivity index (χ1n) is 5.14. The van der Waals surface area contributed by atoms with Crippen molar-refractivity contribution in [2.24, 2.45) is 0 Å². The average Bonchev–Trinajstić information content (AvgIpc) is 2.33. The van der Waals surface area contributed by atoms with E-state index in [1.807, 2.05) is 0 Å². The Kier molecular flexibility index (Phi) is 3.99. The van der Waals surface area contributed by atoms with E-state index in [1.165, 1.54) is 6.92 Å². The van der Waals surface area contributed by atoms with E-state index in [2.05, 4.69) is 0 Å². The van der Waals surface area contributed by atoms with Gasteiger partial charge in [0, 0.05) is 0 Å². The van der Waals surface area contributed by atoms with Crippen molar-refractivity contribution in [2.45, 2.75) is 25.2 Å². The molecular weight excluding hydrogens is 286 g/mol. The second kappa shape index (κ2) is 5.04. The van der Waals surface area contributed by atoms with Crippen LogP contribution in [0.4, 0.5) is 26.3 Å². The van der Waals surface area contributed by atoms with E-state index in [4.69, 9.17) is 10.5 Å². The summed E-state index contributed by atoms with van der Waals surface area (Å²) in [6.07, 6.45) is -10.2. The second-order valence-corrected chi connectivity index (χ2v) is 3.95. The van der Waals surface area contributed by atoms with E-state index in [9.17, 15) is 26.3 Å². The van der Waals surface area contributed by atoms with E-state index in [1.54, 1.807) is 6.07 Å². The van der Waals surface area contributed by atoms with Crippen molar-refractivity contribution in [1.82, 2.24) is 0 Å². The molecule has 0 amide bonds. The van der Waals surface area contributed by atoms with Crippen LogP contribution in [0.25, 0.3) is 0 Å². The molecule has 0 aliphatic rings. The van der Waals surface area contributed by atoms with E-state index < -0.39 is 40.5 Å². The van der Waals surface area contributed by atoms with Gasteiger partial charge in [-0.05, 0) is 24.6 Å². The number of alkyl halides is 6. The maximum absolute atomic E-state index is 12.7. The molecule has 0 aliphatic heterocycles. The monoisotopic (exact) mass is 292 g/mol. The fraction of sp³-hybridized carbons (Fsp3) is 0.333. The molecular formula is C12H6F6N2. The predicted octanol–water partition coefficient (Wildman–Crippen LogP) is 4.22. The Balaban J connectivity index is 3.77. The highest BCUT2D eigenvalue weighted by Gasteiger charge is 2.41. The van der Waals surface area contributed by atoms with Gasteiger partial charge in [0.25, 0.3) is 0 Å². The van der Waals surface area contributed by atoms with Gasteiger partial charge in [-0.25, -0.2) is 0 Å². The lowest BCUT2D eigenvalue weighted by molar-refractivity contribution is -0.143. The van der Waals surface area contributed by atoms with Crippen LogP contribution in [-0.2, 0) is 12.4 Å². The third-order valence-corrected chi connectivity index (χ3v) is 2.58. The lowest BCUT2D eigenvalue weighted by Crippen LogP contribution is -2.16. The number of halogens is 6. The Hall–Kier alpha value is -2.22. The molecule has 0 saturated heterocycles. The van der Waals surface area contributed by atoms with Crippen molar-refractivity contribution in [3.05, 3.63) is 34.4 Å². The number of hydrogen-bond donors (Lipinski definition) is 0. The molecule has 0 heterocycles. The summed E-state index contributed by atoms with van der Waals surface area (Å²) in [5.41, 5.74) is -5.30. The van der Waals surface area contributed by atoms with Gasteiger partial charge in [0.2, 0.25) is 0 Å². The van der Waals surface area contributed by atoms with Crippen molar-refractivity contribution in [3.63, 3.8) is 0 Å². The topological polar surface area (TPSA) is 47.6 Å². The smallest absolute Gasteiger partial charge is 0.198 e. The summed E-state index contributed by atoms with van der Waals surface area (Å²) in [6, 6.07) is 3.31. The molecule has 0 radical (unpaired) electrons. The van der Waals surface area contributed by atoms with Gasteiger partial charge < -0.3 is 0 Å². The Morgan fingerprint density at radius 2 is 1.35 bits per heavy atom. The minimum absolute atomic E-state index is 0.404. The lowest BCUT2D eigenvalue weighted by atomic mass is 9.92. The van der Waals surface area contributed by atoms with Gasteiger partial charge in [0.1, 0.15) is 6.07 Å². The molecule has 2 nitrogen and oxygen atoms in total. The van der Waals surface area contributed by atoms with Crippen molar-refractivity contribution >= 4 is 0 Å². The van der Waals surface area contributed by atoms with Gasteiger partial charge in [0.05, 0.1) is 28.7 Å². The summed E-state index contributed by atoms with van der Waals surface area (Å²) in [7, 11) is 0. The molecule has 0 spiro atoms. The number of nitrogens with zero attached hydrogens (tertiary/aromatic N) is 2. The predicted molar refractivity (Wildman–Crippen MR) is 55.2 cm³/mol. The van der Waals surface area contributed by atoms with Gasteiger partial charge in [-0.3, -0.25) is 0 Å². The fourth-order valence-corrected chi connectivity index (χ4v) is 1.56. The summed E-state index contributed by atoms with van der Waals surface area (Å²) in [6.45, 7) is 1.17. The summed E-state index contributed by atoms with van der Waals surface area (Å²) >= 11 is 0. The lowest BCUT2D eigenvalue weighted by Gasteiger charge is -2.17. The highest BCUT2D eigenvalue weighted by Crippen LogP contribution is 2.41. The first-order valence-corrected chi connectivity index (χ1v) is 5.14. The normalized spacial score (nSPS) is 13.4. The largest absolute Gasteiger partial charge is 0.417 e. The molecule has 1 atom stereocenters. The zero-order chi connectivity index (χ0) is 15.7. The molecule has 0 aliphatic carbocycles.